The Morgan fingerprint density at radius 3 is 1.92 bits per heavy atom. The quantitative estimate of drug-likeness (QED) is 0.670. The van der Waals surface area contributed by atoms with E-state index in [-0.39, 0.29) is 10.6 Å². The van der Waals surface area contributed by atoms with Crippen LogP contribution in [0.5, 0.6) is 0 Å². The predicted octanol–water partition coefficient (Wildman–Crippen LogP) is 2.58. The van der Waals surface area contributed by atoms with Gasteiger partial charge in [-0.25, -0.2) is 8.42 Å². The van der Waals surface area contributed by atoms with E-state index in [2.05, 4.69) is 37.0 Å². The summed E-state index contributed by atoms with van der Waals surface area (Å²) >= 11 is 6.07. The van der Waals surface area contributed by atoms with E-state index in [1.54, 1.807) is 0 Å². The van der Waals surface area contributed by atoms with Crippen molar-refractivity contribution >= 4 is 48.3 Å². The van der Waals surface area contributed by atoms with Gasteiger partial charge in [0, 0.05) is 8.95 Å². The van der Waals surface area contributed by atoms with Crippen LogP contribution in [0.4, 0.5) is 5.69 Å². The Kier molecular flexibility index (Phi) is 3.57. The molecule has 0 N–H and O–H groups in total. The van der Waals surface area contributed by atoms with Crippen molar-refractivity contribution in [1.82, 2.24) is 0 Å². The summed E-state index contributed by atoms with van der Waals surface area (Å²) < 4.78 is 21.9. The molecule has 7 heteroatoms. The lowest BCUT2D eigenvalue weighted by Gasteiger charge is -1.99. The zero-order valence-electron chi connectivity index (χ0n) is 6.03. The highest BCUT2D eigenvalue weighted by atomic mass is 79.9. The number of halogens is 2. The van der Waals surface area contributed by atoms with E-state index < -0.39 is 10.7 Å². The highest BCUT2D eigenvalue weighted by molar-refractivity contribution is 9.11. The lowest BCUT2D eigenvalue weighted by Crippen LogP contribution is -1.81. The maximum absolute atomic E-state index is 10.6. The maximum Gasteiger partial charge on any atom is 0.168 e. The lowest BCUT2D eigenvalue weighted by atomic mass is 10.3. The van der Waals surface area contributed by atoms with Crippen molar-refractivity contribution in [2.24, 2.45) is 5.18 Å². The van der Waals surface area contributed by atoms with Crippen LogP contribution in [0.1, 0.15) is 0 Å². The topological polar surface area (TPSA) is 63.6 Å². The standard InChI is InChI=1S/C6H3Br2NO3S/c7-4-1-3(13(11)12)2-5(8)6(4)9-10/h1-2,13H. The van der Waals surface area contributed by atoms with Crippen molar-refractivity contribution in [3.63, 3.8) is 0 Å². The SMILES string of the molecule is O=Nc1c(Br)cc([SH](=O)=O)cc1Br. The molecule has 0 spiro atoms. The first-order valence-corrected chi connectivity index (χ1v) is 5.79. The molecule has 0 atom stereocenters. The van der Waals surface area contributed by atoms with Crippen molar-refractivity contribution in [1.29, 1.82) is 0 Å². The fourth-order valence-corrected chi connectivity index (χ4v) is 2.90. The second kappa shape index (κ2) is 4.30. The Bertz CT molecular complexity index is 399. The minimum Gasteiger partial charge on any atom is -0.227 e. The van der Waals surface area contributed by atoms with Gasteiger partial charge in [0.25, 0.3) is 0 Å². The van der Waals surface area contributed by atoms with Crippen LogP contribution in [0.3, 0.4) is 0 Å². The lowest BCUT2D eigenvalue weighted by molar-refractivity contribution is 0.614. The number of nitroso groups, excluding NO2 is 1. The summed E-state index contributed by atoms with van der Waals surface area (Å²) in [7, 11) is -2.65. The molecule has 0 fully saturated rings. The first kappa shape index (κ1) is 10.8. The van der Waals surface area contributed by atoms with Crippen LogP contribution < -0.4 is 0 Å². The van der Waals surface area contributed by atoms with Gasteiger partial charge in [0.1, 0.15) is 5.69 Å². The first-order chi connectivity index (χ1) is 6.06. The van der Waals surface area contributed by atoms with Crippen LogP contribution in [-0.4, -0.2) is 8.42 Å². The maximum atomic E-state index is 10.6. The number of thiol groups is 1. The molecule has 0 radical (unpaired) electrons. The van der Waals surface area contributed by atoms with Crippen LogP contribution >= 0.6 is 31.9 Å². The van der Waals surface area contributed by atoms with Crippen LogP contribution in [0.15, 0.2) is 31.2 Å². The van der Waals surface area contributed by atoms with E-state index in [1.807, 2.05) is 0 Å². The van der Waals surface area contributed by atoms with Gasteiger partial charge in [-0.15, -0.1) is 4.91 Å². The van der Waals surface area contributed by atoms with E-state index >= 15 is 0 Å². The molecular formula is C6H3Br2NO3S. The second-order valence-electron chi connectivity index (χ2n) is 2.11. The molecule has 4 nitrogen and oxygen atoms in total. The summed E-state index contributed by atoms with van der Waals surface area (Å²) in [6.45, 7) is 0. The minimum atomic E-state index is -2.65. The molecule has 0 aliphatic rings. The monoisotopic (exact) mass is 327 g/mol. The normalized spacial score (nSPS) is 10.4. The molecule has 13 heavy (non-hydrogen) atoms. The zero-order valence-corrected chi connectivity index (χ0v) is 10.1. The van der Waals surface area contributed by atoms with Gasteiger partial charge >= 0.3 is 0 Å². The van der Waals surface area contributed by atoms with Gasteiger partial charge in [-0.1, -0.05) is 0 Å². The molecule has 70 valence electrons. The summed E-state index contributed by atoms with van der Waals surface area (Å²) in [5.74, 6) is 0. The molecule has 0 unspecified atom stereocenters. The van der Waals surface area contributed by atoms with Gasteiger partial charge in [-0.2, -0.15) is 0 Å². The Morgan fingerprint density at radius 1 is 1.15 bits per heavy atom. The van der Waals surface area contributed by atoms with E-state index in [0.717, 1.165) is 0 Å². The molecule has 0 aliphatic heterocycles. The summed E-state index contributed by atoms with van der Waals surface area (Å²) in [5.41, 5.74) is 0.153. The van der Waals surface area contributed by atoms with Gasteiger partial charge in [-0.3, -0.25) is 0 Å². The Morgan fingerprint density at radius 2 is 1.62 bits per heavy atom. The number of hydrogen-bond donors (Lipinski definition) is 1. The molecule has 0 saturated heterocycles. The van der Waals surface area contributed by atoms with Gasteiger partial charge in [-0.05, 0) is 49.2 Å². The van der Waals surface area contributed by atoms with Crippen molar-refractivity contribution in [2.45, 2.75) is 4.90 Å². The molecule has 1 aromatic rings. The molecule has 0 saturated carbocycles. The number of hydrogen-bond acceptors (Lipinski definition) is 4. The first-order valence-electron chi connectivity index (χ1n) is 3.03. The number of benzene rings is 1. The summed E-state index contributed by atoms with van der Waals surface area (Å²) in [6, 6.07) is 2.65. The van der Waals surface area contributed by atoms with Crippen molar-refractivity contribution in [3.05, 3.63) is 26.0 Å². The molecule has 1 aromatic carbocycles. The fraction of sp³-hybridized carbons (Fsp3) is 0. The molecule has 0 heterocycles. The third-order valence-electron chi connectivity index (χ3n) is 1.30. The van der Waals surface area contributed by atoms with E-state index in [0.29, 0.717) is 8.95 Å². The summed E-state index contributed by atoms with van der Waals surface area (Å²) in [4.78, 5) is 10.4. The van der Waals surface area contributed by atoms with E-state index in [1.165, 1.54) is 12.1 Å². The summed E-state index contributed by atoms with van der Waals surface area (Å²) in [6.07, 6.45) is 0. The third-order valence-corrected chi connectivity index (χ3v) is 3.19. The Hall–Kier alpha value is -0.270. The van der Waals surface area contributed by atoms with E-state index in [4.69, 9.17) is 0 Å². The van der Waals surface area contributed by atoms with Gasteiger partial charge < -0.3 is 0 Å². The number of rotatable bonds is 2. The number of nitrogens with zero attached hydrogens (tertiary/aromatic N) is 1. The van der Waals surface area contributed by atoms with E-state index in [9.17, 15) is 13.3 Å². The Balaban J connectivity index is 3.45. The van der Waals surface area contributed by atoms with Crippen LogP contribution in [0, 0.1) is 4.91 Å². The van der Waals surface area contributed by atoms with Crippen molar-refractivity contribution in [3.8, 4) is 0 Å². The van der Waals surface area contributed by atoms with Gasteiger partial charge in [0.05, 0.1) is 4.90 Å². The highest BCUT2D eigenvalue weighted by Gasteiger charge is 2.08. The average Bonchev–Trinajstić information content (AvgIpc) is 2.03. The smallest absolute Gasteiger partial charge is 0.168 e. The van der Waals surface area contributed by atoms with Crippen molar-refractivity contribution in [2.75, 3.05) is 0 Å². The zero-order chi connectivity index (χ0) is 10.0. The third kappa shape index (κ3) is 2.35. The minimum absolute atomic E-state index is 0.126. The predicted molar refractivity (Wildman–Crippen MR) is 55.9 cm³/mol. The van der Waals surface area contributed by atoms with Gasteiger partial charge in [0.15, 0.2) is 10.7 Å². The van der Waals surface area contributed by atoms with Crippen molar-refractivity contribution < 1.29 is 8.42 Å². The molecule has 0 bridgehead atoms. The average molecular weight is 329 g/mol. The molecule has 0 amide bonds. The molecule has 1 rings (SSSR count). The fourth-order valence-electron chi connectivity index (χ4n) is 0.745. The summed E-state index contributed by atoms with van der Waals surface area (Å²) in [5, 5.41) is 2.73. The Labute approximate surface area is 92.5 Å². The van der Waals surface area contributed by atoms with Crippen LogP contribution in [0.25, 0.3) is 0 Å². The largest absolute Gasteiger partial charge is 0.227 e. The van der Waals surface area contributed by atoms with Crippen LogP contribution in [-0.2, 0) is 10.7 Å². The highest BCUT2D eigenvalue weighted by Crippen LogP contribution is 2.34. The molecule has 0 aromatic heterocycles. The van der Waals surface area contributed by atoms with Gasteiger partial charge in [0.2, 0.25) is 0 Å². The molecular weight excluding hydrogens is 326 g/mol. The second-order valence-corrected chi connectivity index (χ2v) is 4.85. The van der Waals surface area contributed by atoms with Crippen LogP contribution in [0.2, 0.25) is 0 Å². The molecule has 0 aliphatic carbocycles.